The molecule has 2 N–H and O–H groups in total. The molecule has 2 saturated carbocycles. The molecule has 2 fully saturated rings. The van der Waals surface area contributed by atoms with Crippen LogP contribution in [0.25, 0.3) is 0 Å². The van der Waals surface area contributed by atoms with E-state index in [1.54, 1.807) is 0 Å². The minimum Gasteiger partial charge on any atom is -0.317 e. The average molecular weight is 210 g/mol. The van der Waals surface area contributed by atoms with E-state index in [-0.39, 0.29) is 0 Å². The molecule has 0 aromatic carbocycles. The van der Waals surface area contributed by atoms with Crippen molar-refractivity contribution in [3.63, 3.8) is 0 Å². The first-order valence-corrected chi connectivity index (χ1v) is 6.83. The third kappa shape index (κ3) is 4.12. The summed E-state index contributed by atoms with van der Waals surface area (Å²) in [5, 5.41) is 7.01. The van der Waals surface area contributed by atoms with Crippen LogP contribution in [0.15, 0.2) is 0 Å². The summed E-state index contributed by atoms with van der Waals surface area (Å²) in [5.41, 5.74) is 0. The van der Waals surface area contributed by atoms with Crippen LogP contribution in [-0.2, 0) is 0 Å². The average Bonchev–Trinajstić information content (AvgIpc) is 3.09. The Bertz CT molecular complexity index is 161. The lowest BCUT2D eigenvalue weighted by Crippen LogP contribution is -2.28. The van der Waals surface area contributed by atoms with E-state index < -0.39 is 0 Å². The van der Waals surface area contributed by atoms with Gasteiger partial charge in [0.15, 0.2) is 0 Å². The van der Waals surface area contributed by atoms with E-state index in [1.807, 2.05) is 0 Å². The second kappa shape index (κ2) is 5.86. The Kier molecular flexibility index (Phi) is 4.45. The molecule has 0 aromatic rings. The standard InChI is InChI=1S/C13H26N2/c1-2-14-8-3-9-15-10-13(11-4-5-11)12-6-7-12/h11-15H,2-10H2,1H3. The molecule has 0 atom stereocenters. The molecule has 0 amide bonds. The first-order valence-electron chi connectivity index (χ1n) is 6.83. The zero-order valence-corrected chi connectivity index (χ0v) is 10.1. The Morgan fingerprint density at radius 1 is 1.00 bits per heavy atom. The maximum absolute atomic E-state index is 3.65. The Labute approximate surface area is 94.2 Å². The van der Waals surface area contributed by atoms with Gasteiger partial charge in [0.05, 0.1) is 0 Å². The normalized spacial score (nSPS) is 21.2. The third-order valence-corrected chi connectivity index (χ3v) is 3.79. The van der Waals surface area contributed by atoms with Crippen LogP contribution in [0.1, 0.15) is 39.0 Å². The quantitative estimate of drug-likeness (QED) is 0.569. The molecule has 0 aromatic heterocycles. The SMILES string of the molecule is CCNCCCNCC(C1CC1)C1CC1. The third-order valence-electron chi connectivity index (χ3n) is 3.79. The Morgan fingerprint density at radius 3 is 2.13 bits per heavy atom. The van der Waals surface area contributed by atoms with Crippen LogP contribution in [0.4, 0.5) is 0 Å². The minimum absolute atomic E-state index is 1.03. The molecule has 0 unspecified atom stereocenters. The highest BCUT2D eigenvalue weighted by Gasteiger charge is 2.40. The molecule has 2 aliphatic carbocycles. The topological polar surface area (TPSA) is 24.1 Å². The van der Waals surface area contributed by atoms with Crippen LogP contribution in [0.2, 0.25) is 0 Å². The van der Waals surface area contributed by atoms with E-state index in [2.05, 4.69) is 17.6 Å². The monoisotopic (exact) mass is 210 g/mol. The molecule has 2 nitrogen and oxygen atoms in total. The molecule has 2 aliphatic rings. The summed E-state index contributed by atoms with van der Waals surface area (Å²) in [6, 6.07) is 0. The maximum atomic E-state index is 3.65. The molecular weight excluding hydrogens is 184 g/mol. The van der Waals surface area contributed by atoms with Crippen molar-refractivity contribution in [3.05, 3.63) is 0 Å². The molecule has 0 radical (unpaired) electrons. The summed E-state index contributed by atoms with van der Waals surface area (Å²) < 4.78 is 0. The van der Waals surface area contributed by atoms with E-state index in [4.69, 9.17) is 0 Å². The Hall–Kier alpha value is -0.0800. The smallest absolute Gasteiger partial charge is 0.00152 e. The van der Waals surface area contributed by atoms with Gasteiger partial charge in [-0.05, 0) is 76.0 Å². The molecule has 0 heterocycles. The zero-order valence-electron chi connectivity index (χ0n) is 10.1. The van der Waals surface area contributed by atoms with Crippen molar-refractivity contribution in [1.82, 2.24) is 10.6 Å². The molecule has 2 rings (SSSR count). The lowest BCUT2D eigenvalue weighted by molar-refractivity contribution is 0.378. The Morgan fingerprint density at radius 2 is 1.60 bits per heavy atom. The van der Waals surface area contributed by atoms with Crippen molar-refractivity contribution in [2.24, 2.45) is 17.8 Å². The highest BCUT2D eigenvalue weighted by Crippen LogP contribution is 2.48. The van der Waals surface area contributed by atoms with Crippen molar-refractivity contribution in [2.75, 3.05) is 26.2 Å². The first-order chi connectivity index (χ1) is 7.42. The van der Waals surface area contributed by atoms with Gasteiger partial charge in [0.1, 0.15) is 0 Å². The predicted molar refractivity (Wildman–Crippen MR) is 65.0 cm³/mol. The molecule has 0 bridgehead atoms. The molecule has 15 heavy (non-hydrogen) atoms. The van der Waals surface area contributed by atoms with E-state index in [0.29, 0.717) is 0 Å². The van der Waals surface area contributed by atoms with Gasteiger partial charge in [0.25, 0.3) is 0 Å². The fourth-order valence-corrected chi connectivity index (χ4v) is 2.55. The van der Waals surface area contributed by atoms with Gasteiger partial charge in [-0.1, -0.05) is 6.92 Å². The summed E-state index contributed by atoms with van der Waals surface area (Å²) in [5.74, 6) is 3.22. The summed E-state index contributed by atoms with van der Waals surface area (Å²) in [6.07, 6.45) is 7.33. The largest absolute Gasteiger partial charge is 0.317 e. The van der Waals surface area contributed by atoms with Gasteiger partial charge in [0.2, 0.25) is 0 Å². The van der Waals surface area contributed by atoms with Crippen molar-refractivity contribution in [3.8, 4) is 0 Å². The number of rotatable bonds is 9. The van der Waals surface area contributed by atoms with Gasteiger partial charge in [-0.15, -0.1) is 0 Å². The first kappa shape index (κ1) is 11.4. The van der Waals surface area contributed by atoms with Crippen LogP contribution in [0, 0.1) is 17.8 Å². The summed E-state index contributed by atoms with van der Waals surface area (Å²) in [7, 11) is 0. The van der Waals surface area contributed by atoms with E-state index in [0.717, 1.165) is 24.3 Å². The minimum atomic E-state index is 1.03. The molecule has 0 aliphatic heterocycles. The van der Waals surface area contributed by atoms with Gasteiger partial charge < -0.3 is 10.6 Å². The van der Waals surface area contributed by atoms with E-state index in [9.17, 15) is 0 Å². The van der Waals surface area contributed by atoms with Crippen LogP contribution >= 0.6 is 0 Å². The van der Waals surface area contributed by atoms with Crippen LogP contribution < -0.4 is 10.6 Å². The molecule has 0 spiro atoms. The summed E-state index contributed by atoms with van der Waals surface area (Å²) in [6.45, 7) is 6.93. The van der Waals surface area contributed by atoms with Crippen LogP contribution in [0.5, 0.6) is 0 Å². The maximum Gasteiger partial charge on any atom is -0.00152 e. The summed E-state index contributed by atoms with van der Waals surface area (Å²) >= 11 is 0. The van der Waals surface area contributed by atoms with Gasteiger partial charge in [-0.2, -0.15) is 0 Å². The van der Waals surface area contributed by atoms with E-state index in [1.165, 1.54) is 51.7 Å². The number of hydrogen-bond donors (Lipinski definition) is 2. The Balaban J connectivity index is 1.48. The van der Waals surface area contributed by atoms with Crippen molar-refractivity contribution in [1.29, 1.82) is 0 Å². The highest BCUT2D eigenvalue weighted by molar-refractivity contribution is 4.92. The van der Waals surface area contributed by atoms with Gasteiger partial charge in [-0.25, -0.2) is 0 Å². The number of nitrogens with one attached hydrogen (secondary N) is 2. The van der Waals surface area contributed by atoms with Gasteiger partial charge in [0, 0.05) is 0 Å². The zero-order chi connectivity index (χ0) is 10.5. The fraction of sp³-hybridized carbons (Fsp3) is 1.00. The highest BCUT2D eigenvalue weighted by atomic mass is 14.9. The van der Waals surface area contributed by atoms with Crippen LogP contribution in [0.3, 0.4) is 0 Å². The van der Waals surface area contributed by atoms with Gasteiger partial charge >= 0.3 is 0 Å². The predicted octanol–water partition coefficient (Wildman–Crippen LogP) is 2.01. The summed E-state index contributed by atoms with van der Waals surface area (Å²) in [4.78, 5) is 0. The van der Waals surface area contributed by atoms with E-state index >= 15 is 0 Å². The van der Waals surface area contributed by atoms with Crippen molar-refractivity contribution < 1.29 is 0 Å². The molecule has 88 valence electrons. The molecular formula is C13H26N2. The van der Waals surface area contributed by atoms with Crippen molar-refractivity contribution >= 4 is 0 Å². The van der Waals surface area contributed by atoms with Crippen molar-refractivity contribution in [2.45, 2.75) is 39.0 Å². The molecule has 2 heteroatoms. The van der Waals surface area contributed by atoms with Gasteiger partial charge in [-0.3, -0.25) is 0 Å². The lowest BCUT2D eigenvalue weighted by Gasteiger charge is -2.16. The number of hydrogen-bond acceptors (Lipinski definition) is 2. The van der Waals surface area contributed by atoms with Crippen LogP contribution in [-0.4, -0.2) is 26.2 Å². The molecule has 0 saturated heterocycles. The lowest BCUT2D eigenvalue weighted by atomic mass is 9.98. The second-order valence-corrected chi connectivity index (χ2v) is 5.25. The second-order valence-electron chi connectivity index (χ2n) is 5.25. The fourth-order valence-electron chi connectivity index (χ4n) is 2.55.